The molecule has 1 N–H and O–H groups in total. The number of carbonyl (C=O) groups is 1. The molecule has 7 heteroatoms. The van der Waals surface area contributed by atoms with Gasteiger partial charge in [-0.15, -0.1) is 0 Å². The van der Waals surface area contributed by atoms with Crippen LogP contribution in [0.3, 0.4) is 0 Å². The zero-order chi connectivity index (χ0) is 20.8. The monoisotopic (exact) mass is 426 g/mol. The summed E-state index contributed by atoms with van der Waals surface area (Å²) in [6, 6.07) is 17.6. The number of ether oxygens (including phenoxy) is 1. The van der Waals surface area contributed by atoms with Gasteiger partial charge in [0.1, 0.15) is 28.9 Å². The number of rotatable bonds is 6. The Bertz CT molecular complexity index is 1100. The summed E-state index contributed by atoms with van der Waals surface area (Å²) in [5, 5.41) is 13.0. The largest absolute Gasteiger partial charge is 0.497 e. The van der Waals surface area contributed by atoms with Crippen molar-refractivity contribution in [2.75, 3.05) is 7.11 Å². The second-order valence-electron chi connectivity index (χ2n) is 6.03. The van der Waals surface area contributed by atoms with Gasteiger partial charge < -0.3 is 14.5 Å². The minimum absolute atomic E-state index is 0.0679. The second-order valence-corrected chi connectivity index (χ2v) is 6.87. The van der Waals surface area contributed by atoms with Gasteiger partial charge in [0.25, 0.3) is 5.91 Å². The van der Waals surface area contributed by atoms with Gasteiger partial charge in [0.2, 0.25) is 0 Å². The minimum atomic E-state index is -0.495. The highest BCUT2D eigenvalue weighted by Crippen LogP contribution is 2.32. The standard InChI is InChI=1S/C22H16Cl2N2O3/c1-28-17-5-2-14(3-6-17)13-26-22(27)15(12-25)10-18-7-9-21(29-18)19-8-4-16(23)11-20(19)24/h2-11H,13H2,1H3,(H,26,27)/b15-10+. The van der Waals surface area contributed by atoms with Gasteiger partial charge in [0.15, 0.2) is 0 Å². The highest BCUT2D eigenvalue weighted by molar-refractivity contribution is 6.36. The van der Waals surface area contributed by atoms with Gasteiger partial charge in [-0.3, -0.25) is 4.79 Å². The summed E-state index contributed by atoms with van der Waals surface area (Å²) in [5.41, 5.74) is 1.48. The van der Waals surface area contributed by atoms with Crippen LogP contribution in [0.25, 0.3) is 17.4 Å². The SMILES string of the molecule is COc1ccc(CNC(=O)/C(C#N)=C/c2ccc(-c3ccc(Cl)cc3Cl)o2)cc1. The Kier molecular flexibility index (Phi) is 6.61. The van der Waals surface area contributed by atoms with Gasteiger partial charge in [-0.1, -0.05) is 35.3 Å². The highest BCUT2D eigenvalue weighted by Gasteiger charge is 2.12. The lowest BCUT2D eigenvalue weighted by Crippen LogP contribution is -2.23. The molecule has 0 spiro atoms. The van der Waals surface area contributed by atoms with Crippen molar-refractivity contribution < 1.29 is 13.9 Å². The summed E-state index contributed by atoms with van der Waals surface area (Å²) in [7, 11) is 1.59. The first-order valence-electron chi connectivity index (χ1n) is 8.58. The van der Waals surface area contributed by atoms with E-state index in [-0.39, 0.29) is 12.1 Å². The second kappa shape index (κ2) is 9.33. The molecular formula is C22H16Cl2N2O3. The lowest BCUT2D eigenvalue weighted by molar-refractivity contribution is -0.117. The first-order chi connectivity index (χ1) is 14.0. The van der Waals surface area contributed by atoms with Crippen LogP contribution in [0.4, 0.5) is 0 Å². The molecule has 0 atom stereocenters. The molecule has 1 aromatic heterocycles. The van der Waals surface area contributed by atoms with Gasteiger partial charge in [0.05, 0.1) is 12.1 Å². The van der Waals surface area contributed by atoms with Gasteiger partial charge in [-0.05, 0) is 48.0 Å². The maximum absolute atomic E-state index is 12.3. The van der Waals surface area contributed by atoms with Crippen molar-refractivity contribution in [1.82, 2.24) is 5.32 Å². The zero-order valence-electron chi connectivity index (χ0n) is 15.4. The first kappa shape index (κ1) is 20.5. The Hall–Kier alpha value is -3.20. The Labute approximate surface area is 178 Å². The number of nitriles is 1. The average molecular weight is 427 g/mol. The van der Waals surface area contributed by atoms with Crippen LogP contribution in [0.2, 0.25) is 10.0 Å². The quantitative estimate of drug-likeness (QED) is 0.417. The third-order valence-corrected chi connectivity index (χ3v) is 4.63. The fourth-order valence-corrected chi connectivity index (χ4v) is 3.08. The van der Waals surface area contributed by atoms with Crippen LogP contribution in [-0.4, -0.2) is 13.0 Å². The summed E-state index contributed by atoms with van der Waals surface area (Å²) in [5.74, 6) is 1.11. The summed E-state index contributed by atoms with van der Waals surface area (Å²) in [4.78, 5) is 12.3. The van der Waals surface area contributed by atoms with E-state index in [2.05, 4.69) is 5.32 Å². The number of hydrogen-bond acceptors (Lipinski definition) is 4. The molecule has 3 rings (SSSR count). The lowest BCUT2D eigenvalue weighted by Gasteiger charge is -2.05. The molecule has 3 aromatic rings. The van der Waals surface area contributed by atoms with Crippen molar-refractivity contribution in [3.05, 3.63) is 81.5 Å². The Morgan fingerprint density at radius 1 is 1.17 bits per heavy atom. The number of amides is 1. The minimum Gasteiger partial charge on any atom is -0.497 e. The molecule has 0 saturated carbocycles. The Morgan fingerprint density at radius 2 is 1.93 bits per heavy atom. The van der Waals surface area contributed by atoms with Crippen LogP contribution in [-0.2, 0) is 11.3 Å². The van der Waals surface area contributed by atoms with Crippen molar-refractivity contribution >= 4 is 35.2 Å². The molecule has 0 unspecified atom stereocenters. The first-order valence-corrected chi connectivity index (χ1v) is 9.34. The number of methoxy groups -OCH3 is 1. The molecule has 1 amide bonds. The number of hydrogen-bond donors (Lipinski definition) is 1. The van der Waals surface area contributed by atoms with Crippen LogP contribution >= 0.6 is 23.2 Å². The average Bonchev–Trinajstić information content (AvgIpc) is 3.18. The zero-order valence-corrected chi connectivity index (χ0v) is 16.9. The fourth-order valence-electron chi connectivity index (χ4n) is 2.58. The van der Waals surface area contributed by atoms with Gasteiger partial charge in [-0.2, -0.15) is 5.26 Å². The molecule has 29 heavy (non-hydrogen) atoms. The predicted octanol–water partition coefficient (Wildman–Crippen LogP) is 5.49. The van der Waals surface area contributed by atoms with Crippen molar-refractivity contribution in [2.24, 2.45) is 0 Å². The van der Waals surface area contributed by atoms with E-state index in [1.54, 1.807) is 49.6 Å². The molecule has 0 aliphatic carbocycles. The van der Waals surface area contributed by atoms with Gasteiger partial charge >= 0.3 is 0 Å². The van der Waals surface area contributed by atoms with Crippen molar-refractivity contribution in [2.45, 2.75) is 6.54 Å². The molecule has 0 aliphatic rings. The van der Waals surface area contributed by atoms with Crippen LogP contribution in [0.15, 0.2) is 64.6 Å². The van der Waals surface area contributed by atoms with E-state index in [1.807, 2.05) is 18.2 Å². The summed E-state index contributed by atoms with van der Waals surface area (Å²) in [6.07, 6.45) is 1.39. The van der Waals surface area contributed by atoms with E-state index in [0.717, 1.165) is 11.3 Å². The maximum Gasteiger partial charge on any atom is 0.262 e. The lowest BCUT2D eigenvalue weighted by atomic mass is 10.2. The molecule has 0 saturated heterocycles. The molecule has 5 nitrogen and oxygen atoms in total. The summed E-state index contributed by atoms with van der Waals surface area (Å²) >= 11 is 12.1. The van der Waals surface area contributed by atoms with Crippen LogP contribution < -0.4 is 10.1 Å². The number of carbonyl (C=O) groups excluding carboxylic acids is 1. The summed E-state index contributed by atoms with van der Waals surface area (Å²) in [6.45, 7) is 0.283. The van der Waals surface area contributed by atoms with E-state index in [9.17, 15) is 10.1 Å². The van der Waals surface area contributed by atoms with E-state index in [1.165, 1.54) is 6.08 Å². The van der Waals surface area contributed by atoms with E-state index in [0.29, 0.717) is 27.1 Å². The summed E-state index contributed by atoms with van der Waals surface area (Å²) < 4.78 is 10.8. The number of benzene rings is 2. The van der Waals surface area contributed by atoms with E-state index < -0.39 is 5.91 Å². The molecule has 2 aromatic carbocycles. The van der Waals surface area contributed by atoms with Crippen LogP contribution in [0.5, 0.6) is 5.75 Å². The van der Waals surface area contributed by atoms with Crippen molar-refractivity contribution in [3.63, 3.8) is 0 Å². The van der Waals surface area contributed by atoms with Gasteiger partial charge in [-0.25, -0.2) is 0 Å². The molecular weight excluding hydrogens is 411 g/mol. The molecule has 0 aliphatic heterocycles. The maximum atomic E-state index is 12.3. The Balaban J connectivity index is 1.71. The smallest absolute Gasteiger partial charge is 0.262 e. The number of nitrogens with one attached hydrogen (secondary N) is 1. The van der Waals surface area contributed by atoms with Crippen LogP contribution in [0.1, 0.15) is 11.3 Å². The third-order valence-electron chi connectivity index (χ3n) is 4.09. The molecule has 0 fully saturated rings. The highest BCUT2D eigenvalue weighted by atomic mass is 35.5. The molecule has 0 bridgehead atoms. The fraction of sp³-hybridized carbons (Fsp3) is 0.0909. The number of halogens is 2. The number of furan rings is 1. The van der Waals surface area contributed by atoms with Crippen molar-refractivity contribution in [3.8, 4) is 23.1 Å². The van der Waals surface area contributed by atoms with Gasteiger partial charge in [0, 0.05) is 23.2 Å². The van der Waals surface area contributed by atoms with Crippen LogP contribution in [0, 0.1) is 11.3 Å². The molecule has 0 radical (unpaired) electrons. The number of nitrogens with zero attached hydrogens (tertiary/aromatic N) is 1. The van der Waals surface area contributed by atoms with E-state index in [4.69, 9.17) is 32.4 Å². The normalized spacial score (nSPS) is 11.0. The molecule has 146 valence electrons. The third kappa shape index (κ3) is 5.20. The molecule has 1 heterocycles. The Morgan fingerprint density at radius 3 is 2.59 bits per heavy atom. The van der Waals surface area contributed by atoms with Crippen molar-refractivity contribution in [1.29, 1.82) is 5.26 Å². The van der Waals surface area contributed by atoms with E-state index >= 15 is 0 Å². The topological polar surface area (TPSA) is 75.3 Å². The predicted molar refractivity (Wildman–Crippen MR) is 113 cm³/mol.